The molecular formula is C22H23FN2O3. The van der Waals surface area contributed by atoms with Crippen LogP contribution in [-0.4, -0.2) is 41.1 Å². The second-order valence-electron chi connectivity index (χ2n) is 7.34. The third kappa shape index (κ3) is 4.11. The number of rotatable bonds is 5. The second-order valence-corrected chi connectivity index (χ2v) is 7.34. The van der Waals surface area contributed by atoms with E-state index in [4.69, 9.17) is 0 Å². The maximum absolute atomic E-state index is 14.2. The molecule has 28 heavy (non-hydrogen) atoms. The van der Waals surface area contributed by atoms with Crippen molar-refractivity contribution >= 4 is 17.6 Å². The van der Waals surface area contributed by atoms with Gasteiger partial charge in [-0.15, -0.1) is 0 Å². The maximum atomic E-state index is 14.2. The zero-order chi connectivity index (χ0) is 20.4. The van der Waals surface area contributed by atoms with Gasteiger partial charge in [0.1, 0.15) is 5.82 Å². The van der Waals surface area contributed by atoms with Gasteiger partial charge >= 0.3 is 0 Å². The summed E-state index contributed by atoms with van der Waals surface area (Å²) in [6, 6.07) is 10.6. The SMILES string of the molecule is CC(=O)c1ccc(F)c(-c2ccc(C(=O)N[C@@H]3CC(=O)N(C(C)C)C3)cc2)c1. The zero-order valence-corrected chi connectivity index (χ0v) is 16.2. The third-order valence-corrected chi connectivity index (χ3v) is 4.95. The minimum atomic E-state index is -0.430. The number of hydrogen-bond acceptors (Lipinski definition) is 3. The van der Waals surface area contributed by atoms with Gasteiger partial charge in [-0.05, 0) is 56.7 Å². The molecule has 1 heterocycles. The standard InChI is InChI=1S/C22H23FN2O3/c1-13(2)25-12-18(11-21(25)27)24-22(28)16-6-4-15(5-7-16)19-10-17(14(3)26)8-9-20(19)23/h4-10,13,18H,11-12H2,1-3H3,(H,24,28)/t18-/m1/s1. The molecular weight excluding hydrogens is 359 g/mol. The van der Waals surface area contributed by atoms with Crippen LogP contribution >= 0.6 is 0 Å². The summed E-state index contributed by atoms with van der Waals surface area (Å²) in [5.74, 6) is -0.802. The number of carbonyl (C=O) groups is 3. The van der Waals surface area contributed by atoms with Crippen molar-refractivity contribution in [2.24, 2.45) is 0 Å². The summed E-state index contributed by atoms with van der Waals surface area (Å²) >= 11 is 0. The van der Waals surface area contributed by atoms with E-state index in [1.165, 1.54) is 25.1 Å². The fraction of sp³-hybridized carbons (Fsp3) is 0.318. The first-order chi connectivity index (χ1) is 13.3. The fourth-order valence-corrected chi connectivity index (χ4v) is 3.36. The number of Topliss-reactive ketones (excluding diaryl/α,β-unsaturated/α-hetero) is 1. The quantitative estimate of drug-likeness (QED) is 0.806. The number of amides is 2. The summed E-state index contributed by atoms with van der Waals surface area (Å²) in [7, 11) is 0. The minimum Gasteiger partial charge on any atom is -0.347 e. The lowest BCUT2D eigenvalue weighted by molar-refractivity contribution is -0.129. The average Bonchev–Trinajstić information content (AvgIpc) is 3.02. The molecule has 1 fully saturated rings. The van der Waals surface area contributed by atoms with E-state index in [0.29, 0.717) is 35.2 Å². The molecule has 1 saturated heterocycles. The number of hydrogen-bond donors (Lipinski definition) is 1. The van der Waals surface area contributed by atoms with Gasteiger partial charge in [0.25, 0.3) is 5.91 Å². The number of nitrogens with zero attached hydrogens (tertiary/aromatic N) is 1. The van der Waals surface area contributed by atoms with Gasteiger partial charge in [-0.25, -0.2) is 4.39 Å². The Bertz CT molecular complexity index is 922. The molecule has 2 amide bonds. The van der Waals surface area contributed by atoms with Crippen LogP contribution in [0.3, 0.4) is 0 Å². The van der Waals surface area contributed by atoms with Gasteiger partial charge in [0.2, 0.25) is 5.91 Å². The van der Waals surface area contributed by atoms with E-state index in [0.717, 1.165) is 0 Å². The van der Waals surface area contributed by atoms with Crippen LogP contribution in [0.2, 0.25) is 0 Å². The van der Waals surface area contributed by atoms with E-state index in [-0.39, 0.29) is 29.7 Å². The van der Waals surface area contributed by atoms with Crippen molar-refractivity contribution in [1.82, 2.24) is 10.2 Å². The molecule has 0 saturated carbocycles. The first-order valence-electron chi connectivity index (χ1n) is 9.27. The second kappa shape index (κ2) is 7.92. The normalized spacial score (nSPS) is 16.5. The molecule has 1 atom stereocenters. The Morgan fingerprint density at radius 1 is 1.11 bits per heavy atom. The molecule has 1 N–H and O–H groups in total. The topological polar surface area (TPSA) is 66.5 Å². The van der Waals surface area contributed by atoms with Crippen LogP contribution in [-0.2, 0) is 4.79 Å². The first kappa shape index (κ1) is 19.7. The van der Waals surface area contributed by atoms with Crippen molar-refractivity contribution in [2.45, 2.75) is 39.3 Å². The van der Waals surface area contributed by atoms with Crippen molar-refractivity contribution < 1.29 is 18.8 Å². The molecule has 5 nitrogen and oxygen atoms in total. The van der Waals surface area contributed by atoms with E-state index in [2.05, 4.69) is 5.32 Å². The lowest BCUT2D eigenvalue weighted by Crippen LogP contribution is -2.38. The number of benzene rings is 2. The van der Waals surface area contributed by atoms with Crippen molar-refractivity contribution in [3.63, 3.8) is 0 Å². The minimum absolute atomic E-state index is 0.0384. The lowest BCUT2D eigenvalue weighted by atomic mass is 9.99. The van der Waals surface area contributed by atoms with Gasteiger partial charge < -0.3 is 10.2 Å². The lowest BCUT2D eigenvalue weighted by Gasteiger charge is -2.21. The number of halogens is 1. The van der Waals surface area contributed by atoms with E-state index in [9.17, 15) is 18.8 Å². The Labute approximate surface area is 163 Å². The highest BCUT2D eigenvalue weighted by atomic mass is 19.1. The number of carbonyl (C=O) groups excluding carboxylic acids is 3. The highest BCUT2D eigenvalue weighted by Crippen LogP contribution is 2.25. The summed E-state index contributed by atoms with van der Waals surface area (Å²) in [5, 5.41) is 2.88. The van der Waals surface area contributed by atoms with Crippen LogP contribution in [0.1, 0.15) is 47.9 Å². The van der Waals surface area contributed by atoms with Crippen molar-refractivity contribution in [2.75, 3.05) is 6.54 Å². The third-order valence-electron chi connectivity index (χ3n) is 4.95. The van der Waals surface area contributed by atoms with Gasteiger partial charge in [-0.3, -0.25) is 14.4 Å². The molecule has 2 aromatic carbocycles. The fourth-order valence-electron chi connectivity index (χ4n) is 3.36. The molecule has 146 valence electrons. The van der Waals surface area contributed by atoms with Crippen molar-refractivity contribution in [3.05, 3.63) is 59.4 Å². The molecule has 0 aromatic heterocycles. The number of nitrogens with one attached hydrogen (secondary N) is 1. The molecule has 0 radical (unpaired) electrons. The Morgan fingerprint density at radius 3 is 2.32 bits per heavy atom. The largest absolute Gasteiger partial charge is 0.347 e. The van der Waals surface area contributed by atoms with Gasteiger partial charge in [-0.2, -0.15) is 0 Å². The van der Waals surface area contributed by atoms with Crippen molar-refractivity contribution in [3.8, 4) is 11.1 Å². The van der Waals surface area contributed by atoms with Crippen LogP contribution in [0.4, 0.5) is 4.39 Å². The van der Waals surface area contributed by atoms with Gasteiger partial charge in [0.15, 0.2) is 5.78 Å². The van der Waals surface area contributed by atoms with Gasteiger partial charge in [-0.1, -0.05) is 12.1 Å². The molecule has 2 aromatic rings. The first-order valence-corrected chi connectivity index (χ1v) is 9.27. The van der Waals surface area contributed by atoms with Crippen LogP contribution in [0.5, 0.6) is 0 Å². The number of ketones is 1. The predicted molar refractivity (Wildman–Crippen MR) is 105 cm³/mol. The maximum Gasteiger partial charge on any atom is 0.251 e. The van der Waals surface area contributed by atoms with E-state index in [1.54, 1.807) is 29.2 Å². The van der Waals surface area contributed by atoms with Crippen LogP contribution in [0.25, 0.3) is 11.1 Å². The van der Waals surface area contributed by atoms with E-state index in [1.807, 2.05) is 13.8 Å². The Hall–Kier alpha value is -3.02. The number of likely N-dealkylation sites (tertiary alicyclic amines) is 1. The Kier molecular flexibility index (Phi) is 5.58. The van der Waals surface area contributed by atoms with Crippen LogP contribution in [0.15, 0.2) is 42.5 Å². The summed E-state index contributed by atoms with van der Waals surface area (Å²) in [6.45, 7) is 5.82. The molecule has 0 bridgehead atoms. The Morgan fingerprint density at radius 2 is 1.75 bits per heavy atom. The molecule has 1 aliphatic heterocycles. The highest BCUT2D eigenvalue weighted by Gasteiger charge is 2.32. The van der Waals surface area contributed by atoms with Gasteiger partial charge in [0.05, 0.1) is 6.04 Å². The molecule has 6 heteroatoms. The molecule has 3 rings (SSSR count). The highest BCUT2D eigenvalue weighted by molar-refractivity contribution is 5.96. The Balaban J connectivity index is 1.73. The molecule has 0 aliphatic carbocycles. The van der Waals surface area contributed by atoms with Crippen LogP contribution < -0.4 is 5.32 Å². The summed E-state index contributed by atoms with van der Waals surface area (Å²) in [5.41, 5.74) is 1.76. The summed E-state index contributed by atoms with van der Waals surface area (Å²) < 4.78 is 14.2. The van der Waals surface area contributed by atoms with Crippen LogP contribution in [0, 0.1) is 5.82 Å². The average molecular weight is 382 g/mol. The van der Waals surface area contributed by atoms with Crippen molar-refractivity contribution in [1.29, 1.82) is 0 Å². The summed E-state index contributed by atoms with van der Waals surface area (Å²) in [4.78, 5) is 37.7. The summed E-state index contributed by atoms with van der Waals surface area (Å²) in [6.07, 6.45) is 0.297. The van der Waals surface area contributed by atoms with E-state index < -0.39 is 5.82 Å². The molecule has 1 aliphatic rings. The smallest absolute Gasteiger partial charge is 0.251 e. The zero-order valence-electron chi connectivity index (χ0n) is 16.2. The van der Waals surface area contributed by atoms with Gasteiger partial charge in [0, 0.05) is 35.7 Å². The molecule has 0 spiro atoms. The monoisotopic (exact) mass is 382 g/mol. The molecule has 0 unspecified atom stereocenters. The van der Waals surface area contributed by atoms with E-state index >= 15 is 0 Å². The predicted octanol–water partition coefficient (Wildman–Crippen LogP) is 3.43.